The molecular formula is C15H15Cl2NS2. The zero-order chi connectivity index (χ0) is 14.5. The topological polar surface area (TPSA) is 26.0 Å². The number of hydrogen-bond acceptors (Lipinski definition) is 3. The van der Waals surface area contributed by atoms with Crippen LogP contribution in [0.4, 0.5) is 5.69 Å². The first-order valence-corrected chi connectivity index (χ1v) is 8.86. The van der Waals surface area contributed by atoms with Crippen molar-refractivity contribution in [3.63, 3.8) is 0 Å². The quantitative estimate of drug-likeness (QED) is 0.424. The summed E-state index contributed by atoms with van der Waals surface area (Å²) in [7, 11) is 0. The third-order valence-corrected chi connectivity index (χ3v) is 5.84. The van der Waals surface area contributed by atoms with E-state index in [4.69, 9.17) is 28.9 Å². The van der Waals surface area contributed by atoms with Gasteiger partial charge in [0.2, 0.25) is 0 Å². The van der Waals surface area contributed by atoms with E-state index in [1.165, 1.54) is 0 Å². The van der Waals surface area contributed by atoms with Crippen LogP contribution >= 0.6 is 46.7 Å². The van der Waals surface area contributed by atoms with Gasteiger partial charge >= 0.3 is 0 Å². The molecule has 2 N–H and O–H groups in total. The second kappa shape index (κ2) is 7.51. The molecule has 2 aromatic carbocycles. The molecule has 0 aliphatic carbocycles. The lowest BCUT2D eigenvalue weighted by Gasteiger charge is -2.08. The van der Waals surface area contributed by atoms with Gasteiger partial charge < -0.3 is 5.73 Å². The van der Waals surface area contributed by atoms with Crippen LogP contribution < -0.4 is 5.73 Å². The summed E-state index contributed by atoms with van der Waals surface area (Å²) in [6, 6.07) is 11.7. The molecule has 2 rings (SSSR count). The van der Waals surface area contributed by atoms with Crippen LogP contribution in [-0.4, -0.2) is 11.5 Å². The van der Waals surface area contributed by atoms with Crippen molar-refractivity contribution < 1.29 is 0 Å². The van der Waals surface area contributed by atoms with E-state index in [-0.39, 0.29) is 0 Å². The van der Waals surface area contributed by atoms with Gasteiger partial charge in [0.15, 0.2) is 0 Å². The highest BCUT2D eigenvalue weighted by molar-refractivity contribution is 8.03. The second-order valence-electron chi connectivity index (χ2n) is 4.26. The molecule has 106 valence electrons. The van der Waals surface area contributed by atoms with E-state index in [0.717, 1.165) is 37.6 Å². The first kappa shape index (κ1) is 15.9. The molecule has 0 aliphatic rings. The van der Waals surface area contributed by atoms with Crippen LogP contribution in [-0.2, 0) is 0 Å². The highest BCUT2D eigenvalue weighted by Crippen LogP contribution is 2.32. The minimum Gasteiger partial charge on any atom is -0.398 e. The minimum absolute atomic E-state index is 0.715. The monoisotopic (exact) mass is 343 g/mol. The van der Waals surface area contributed by atoms with Crippen LogP contribution in [0.15, 0.2) is 46.2 Å². The van der Waals surface area contributed by atoms with Crippen LogP contribution in [0.5, 0.6) is 0 Å². The highest BCUT2D eigenvalue weighted by atomic mass is 35.5. The summed E-state index contributed by atoms with van der Waals surface area (Å²) >= 11 is 15.6. The summed E-state index contributed by atoms with van der Waals surface area (Å²) in [5, 5.41) is 1.46. The van der Waals surface area contributed by atoms with Crippen molar-refractivity contribution in [3.8, 4) is 0 Å². The van der Waals surface area contributed by atoms with Crippen molar-refractivity contribution >= 4 is 52.4 Å². The zero-order valence-electron chi connectivity index (χ0n) is 11.0. The summed E-state index contributed by atoms with van der Waals surface area (Å²) in [5.74, 6) is 1.93. The summed E-state index contributed by atoms with van der Waals surface area (Å²) in [6.45, 7) is 2.03. The maximum absolute atomic E-state index is 6.13. The Balaban J connectivity index is 1.88. The van der Waals surface area contributed by atoms with Gasteiger partial charge in [0, 0.05) is 32.0 Å². The smallest absolute Gasteiger partial charge is 0.0542 e. The van der Waals surface area contributed by atoms with Crippen molar-refractivity contribution in [2.24, 2.45) is 0 Å². The molecule has 0 unspecified atom stereocenters. The Morgan fingerprint density at radius 3 is 2.45 bits per heavy atom. The summed E-state index contributed by atoms with van der Waals surface area (Å²) in [6.07, 6.45) is 0. The molecule has 0 aromatic heterocycles. The van der Waals surface area contributed by atoms with E-state index in [2.05, 4.69) is 6.07 Å². The average Bonchev–Trinajstić information content (AvgIpc) is 2.43. The SMILES string of the molecule is Cc1cccc(SCCSc2cc(Cl)ccc2Cl)c1N. The fourth-order valence-electron chi connectivity index (χ4n) is 1.67. The Hall–Kier alpha value is -0.480. The standard InChI is InChI=1S/C15H15Cl2NS2/c1-10-3-2-4-13(15(10)18)19-7-8-20-14-9-11(16)5-6-12(14)17/h2-6,9H,7-8,18H2,1H3. The summed E-state index contributed by atoms with van der Waals surface area (Å²) < 4.78 is 0. The van der Waals surface area contributed by atoms with Gasteiger partial charge in [-0.3, -0.25) is 0 Å². The fourth-order valence-corrected chi connectivity index (χ4v) is 4.20. The van der Waals surface area contributed by atoms with Crippen LogP contribution in [0.25, 0.3) is 0 Å². The van der Waals surface area contributed by atoms with Gasteiger partial charge in [-0.25, -0.2) is 0 Å². The summed E-state index contributed by atoms with van der Waals surface area (Å²) in [4.78, 5) is 2.17. The zero-order valence-corrected chi connectivity index (χ0v) is 14.2. The third-order valence-electron chi connectivity index (χ3n) is 2.78. The number of benzene rings is 2. The fraction of sp³-hybridized carbons (Fsp3) is 0.200. The lowest BCUT2D eigenvalue weighted by molar-refractivity contribution is 1.36. The van der Waals surface area contributed by atoms with Gasteiger partial charge in [-0.15, -0.1) is 23.5 Å². The van der Waals surface area contributed by atoms with E-state index < -0.39 is 0 Å². The molecule has 1 nitrogen and oxygen atoms in total. The maximum Gasteiger partial charge on any atom is 0.0542 e. The molecule has 0 atom stereocenters. The van der Waals surface area contributed by atoms with Crippen LogP contribution in [0, 0.1) is 6.92 Å². The number of nitrogens with two attached hydrogens (primary N) is 1. The summed E-state index contributed by atoms with van der Waals surface area (Å²) in [5.41, 5.74) is 8.06. The van der Waals surface area contributed by atoms with Crippen LogP contribution in [0.1, 0.15) is 5.56 Å². The first-order valence-electron chi connectivity index (χ1n) is 6.13. The van der Waals surface area contributed by atoms with Gasteiger partial charge in [0.05, 0.1) is 5.02 Å². The number of thioether (sulfide) groups is 2. The van der Waals surface area contributed by atoms with Gasteiger partial charge in [-0.1, -0.05) is 35.3 Å². The molecule has 5 heteroatoms. The van der Waals surface area contributed by atoms with Crippen molar-refractivity contribution in [1.29, 1.82) is 0 Å². The Labute approximate surface area is 138 Å². The van der Waals surface area contributed by atoms with Gasteiger partial charge in [0.1, 0.15) is 0 Å². The largest absolute Gasteiger partial charge is 0.398 e. The lowest BCUT2D eigenvalue weighted by atomic mass is 10.2. The number of rotatable bonds is 5. The normalized spacial score (nSPS) is 10.8. The third kappa shape index (κ3) is 4.26. The van der Waals surface area contributed by atoms with E-state index >= 15 is 0 Å². The van der Waals surface area contributed by atoms with E-state index in [9.17, 15) is 0 Å². The predicted molar refractivity (Wildman–Crippen MR) is 93.5 cm³/mol. The number of para-hydroxylation sites is 1. The molecule has 2 aromatic rings. The van der Waals surface area contributed by atoms with Crippen molar-refractivity contribution in [2.45, 2.75) is 16.7 Å². The Morgan fingerprint density at radius 2 is 1.70 bits per heavy atom. The van der Waals surface area contributed by atoms with Gasteiger partial charge in [-0.05, 0) is 36.8 Å². The van der Waals surface area contributed by atoms with Crippen molar-refractivity contribution in [1.82, 2.24) is 0 Å². The Kier molecular flexibility index (Phi) is 5.97. The lowest BCUT2D eigenvalue weighted by Crippen LogP contribution is -1.93. The van der Waals surface area contributed by atoms with Gasteiger partial charge in [0.25, 0.3) is 0 Å². The molecule has 0 radical (unpaired) electrons. The van der Waals surface area contributed by atoms with Crippen molar-refractivity contribution in [2.75, 3.05) is 17.2 Å². The number of halogens is 2. The number of anilines is 1. The van der Waals surface area contributed by atoms with E-state index in [1.54, 1.807) is 29.6 Å². The second-order valence-corrected chi connectivity index (χ2v) is 7.38. The molecule has 0 heterocycles. The van der Waals surface area contributed by atoms with Crippen LogP contribution in [0.3, 0.4) is 0 Å². The molecular weight excluding hydrogens is 329 g/mol. The van der Waals surface area contributed by atoms with E-state index in [0.29, 0.717) is 5.02 Å². The molecule has 0 amide bonds. The maximum atomic E-state index is 6.13. The molecule has 0 aliphatic heterocycles. The van der Waals surface area contributed by atoms with Crippen LogP contribution in [0.2, 0.25) is 10.0 Å². The number of aryl methyl sites for hydroxylation is 1. The molecule has 0 fully saturated rings. The predicted octanol–water partition coefficient (Wildman–Crippen LogP) is 5.77. The number of nitrogen functional groups attached to an aromatic ring is 1. The molecule has 0 saturated carbocycles. The van der Waals surface area contributed by atoms with E-state index in [1.807, 2.05) is 31.2 Å². The number of hydrogen-bond donors (Lipinski definition) is 1. The molecule has 20 heavy (non-hydrogen) atoms. The Bertz CT molecular complexity index is 598. The first-order chi connectivity index (χ1) is 9.58. The molecule has 0 bridgehead atoms. The van der Waals surface area contributed by atoms with Crippen molar-refractivity contribution in [3.05, 3.63) is 52.0 Å². The van der Waals surface area contributed by atoms with Gasteiger partial charge in [-0.2, -0.15) is 0 Å². The molecule has 0 saturated heterocycles. The Morgan fingerprint density at radius 1 is 1.00 bits per heavy atom. The minimum atomic E-state index is 0.715. The average molecular weight is 344 g/mol. The molecule has 0 spiro atoms. The highest BCUT2D eigenvalue weighted by Gasteiger charge is 2.04.